The summed E-state index contributed by atoms with van der Waals surface area (Å²) in [4.78, 5) is 11.8. The Morgan fingerprint density at radius 2 is 1.82 bits per heavy atom. The molecule has 2 amide bonds. The first-order valence-corrected chi connectivity index (χ1v) is 6.56. The van der Waals surface area contributed by atoms with E-state index in [0.717, 1.165) is 5.56 Å². The summed E-state index contributed by atoms with van der Waals surface area (Å²) in [5.41, 5.74) is 1.21. The van der Waals surface area contributed by atoms with Crippen molar-refractivity contribution in [2.45, 2.75) is 0 Å². The molecule has 0 atom stereocenters. The average molecular weight is 297 g/mol. The third-order valence-electron chi connectivity index (χ3n) is 2.89. The number of urea groups is 1. The average Bonchev–Trinajstić information content (AvgIpc) is 2.96. The highest BCUT2D eigenvalue weighted by Gasteiger charge is 2.09. The molecular formula is C16H12FN3O2. The van der Waals surface area contributed by atoms with Crippen LogP contribution in [0, 0.1) is 5.82 Å². The first kappa shape index (κ1) is 13.8. The predicted molar refractivity (Wildman–Crippen MR) is 81.0 cm³/mol. The fourth-order valence-electron chi connectivity index (χ4n) is 1.92. The molecule has 0 radical (unpaired) electrons. The maximum absolute atomic E-state index is 13.0. The van der Waals surface area contributed by atoms with Gasteiger partial charge in [0.1, 0.15) is 5.82 Å². The number of aromatic nitrogens is 1. The standard InChI is InChI=1S/C16H12FN3O2/c17-12-7-4-8-13(9-12)18-16(21)19-15-10-14(22-20-15)11-5-2-1-3-6-11/h1-10H,(H2,18,19,20,21). The normalized spacial score (nSPS) is 10.2. The number of carbonyl (C=O) groups excluding carboxylic acids is 1. The van der Waals surface area contributed by atoms with Crippen molar-refractivity contribution in [2.24, 2.45) is 0 Å². The smallest absolute Gasteiger partial charge is 0.324 e. The zero-order valence-corrected chi connectivity index (χ0v) is 11.4. The second-order valence-corrected chi connectivity index (χ2v) is 4.53. The number of carbonyl (C=O) groups is 1. The van der Waals surface area contributed by atoms with Gasteiger partial charge in [-0.05, 0) is 18.2 Å². The number of benzene rings is 2. The van der Waals surface area contributed by atoms with E-state index in [0.29, 0.717) is 11.4 Å². The monoisotopic (exact) mass is 297 g/mol. The summed E-state index contributed by atoms with van der Waals surface area (Å²) < 4.78 is 18.2. The summed E-state index contributed by atoms with van der Waals surface area (Å²) in [7, 11) is 0. The number of hydrogen-bond donors (Lipinski definition) is 2. The van der Waals surface area contributed by atoms with Gasteiger partial charge in [0, 0.05) is 17.3 Å². The summed E-state index contributed by atoms with van der Waals surface area (Å²) in [6.07, 6.45) is 0. The van der Waals surface area contributed by atoms with E-state index in [1.165, 1.54) is 18.2 Å². The van der Waals surface area contributed by atoms with Crippen LogP contribution in [0.1, 0.15) is 0 Å². The summed E-state index contributed by atoms with van der Waals surface area (Å²) in [5.74, 6) is 0.389. The molecule has 1 aromatic heterocycles. The quantitative estimate of drug-likeness (QED) is 0.764. The molecule has 0 aliphatic rings. The fourth-order valence-corrected chi connectivity index (χ4v) is 1.92. The molecule has 0 aliphatic heterocycles. The molecule has 2 N–H and O–H groups in total. The topological polar surface area (TPSA) is 67.2 Å². The lowest BCUT2D eigenvalue weighted by molar-refractivity contribution is 0.262. The van der Waals surface area contributed by atoms with Crippen molar-refractivity contribution in [2.75, 3.05) is 10.6 Å². The maximum Gasteiger partial charge on any atom is 0.324 e. The molecule has 110 valence electrons. The van der Waals surface area contributed by atoms with Crippen LogP contribution >= 0.6 is 0 Å². The molecule has 0 spiro atoms. The van der Waals surface area contributed by atoms with Crippen LogP contribution in [0.15, 0.2) is 65.2 Å². The minimum Gasteiger partial charge on any atom is -0.354 e. The van der Waals surface area contributed by atoms with E-state index < -0.39 is 11.8 Å². The van der Waals surface area contributed by atoms with E-state index in [-0.39, 0.29) is 5.82 Å². The second-order valence-electron chi connectivity index (χ2n) is 4.53. The Bertz CT molecular complexity index is 787. The van der Waals surface area contributed by atoms with Crippen molar-refractivity contribution < 1.29 is 13.7 Å². The fraction of sp³-hybridized carbons (Fsp3) is 0. The Labute approximate surface area is 125 Å². The Kier molecular flexibility index (Phi) is 3.82. The molecule has 0 bridgehead atoms. The second kappa shape index (κ2) is 6.09. The first-order valence-electron chi connectivity index (χ1n) is 6.56. The van der Waals surface area contributed by atoms with Crippen molar-refractivity contribution in [1.29, 1.82) is 0 Å². The largest absolute Gasteiger partial charge is 0.354 e. The van der Waals surface area contributed by atoms with Gasteiger partial charge in [0.25, 0.3) is 0 Å². The Hall–Kier alpha value is -3.15. The van der Waals surface area contributed by atoms with Gasteiger partial charge in [0.15, 0.2) is 11.6 Å². The van der Waals surface area contributed by atoms with Crippen LogP contribution in [0.2, 0.25) is 0 Å². The number of amides is 2. The lowest BCUT2D eigenvalue weighted by Crippen LogP contribution is -2.19. The highest BCUT2D eigenvalue weighted by molar-refractivity contribution is 5.99. The highest BCUT2D eigenvalue weighted by Crippen LogP contribution is 2.22. The van der Waals surface area contributed by atoms with Crippen molar-refractivity contribution in [3.8, 4) is 11.3 Å². The summed E-state index contributed by atoms with van der Waals surface area (Å²) >= 11 is 0. The van der Waals surface area contributed by atoms with Crippen LogP contribution < -0.4 is 10.6 Å². The molecule has 0 aliphatic carbocycles. The number of rotatable bonds is 3. The Morgan fingerprint density at radius 1 is 1.00 bits per heavy atom. The van der Waals surface area contributed by atoms with Gasteiger partial charge in [0.2, 0.25) is 0 Å². The molecule has 2 aromatic carbocycles. The zero-order chi connectivity index (χ0) is 15.4. The molecule has 1 heterocycles. The third kappa shape index (κ3) is 3.29. The molecular weight excluding hydrogens is 285 g/mol. The lowest BCUT2D eigenvalue weighted by Gasteiger charge is -2.04. The molecule has 3 rings (SSSR count). The van der Waals surface area contributed by atoms with Crippen LogP contribution in [0.5, 0.6) is 0 Å². The SMILES string of the molecule is O=C(Nc1cccc(F)c1)Nc1cc(-c2ccccc2)on1. The highest BCUT2D eigenvalue weighted by atomic mass is 19.1. The van der Waals surface area contributed by atoms with Gasteiger partial charge < -0.3 is 9.84 Å². The van der Waals surface area contributed by atoms with Gasteiger partial charge in [-0.2, -0.15) is 0 Å². The minimum atomic E-state index is -0.529. The van der Waals surface area contributed by atoms with E-state index in [4.69, 9.17) is 4.52 Å². The lowest BCUT2D eigenvalue weighted by atomic mass is 10.2. The molecule has 0 saturated heterocycles. The number of nitrogens with one attached hydrogen (secondary N) is 2. The Morgan fingerprint density at radius 3 is 2.59 bits per heavy atom. The van der Waals surface area contributed by atoms with Gasteiger partial charge in [-0.3, -0.25) is 5.32 Å². The predicted octanol–water partition coefficient (Wildman–Crippen LogP) is 4.12. The van der Waals surface area contributed by atoms with Crippen molar-refractivity contribution in [1.82, 2.24) is 5.16 Å². The molecule has 5 nitrogen and oxygen atoms in total. The van der Waals surface area contributed by atoms with Crippen LogP contribution in [-0.4, -0.2) is 11.2 Å². The van der Waals surface area contributed by atoms with Crippen LogP contribution in [0.25, 0.3) is 11.3 Å². The number of nitrogens with zero attached hydrogens (tertiary/aromatic N) is 1. The molecule has 3 aromatic rings. The number of halogens is 1. The number of anilines is 2. The van der Waals surface area contributed by atoms with E-state index in [9.17, 15) is 9.18 Å². The summed E-state index contributed by atoms with van der Waals surface area (Å²) in [5, 5.41) is 8.80. The van der Waals surface area contributed by atoms with E-state index in [2.05, 4.69) is 15.8 Å². The first-order chi connectivity index (χ1) is 10.7. The van der Waals surface area contributed by atoms with Gasteiger partial charge in [0.05, 0.1) is 0 Å². The van der Waals surface area contributed by atoms with Crippen molar-refractivity contribution in [3.63, 3.8) is 0 Å². The number of hydrogen-bond acceptors (Lipinski definition) is 3. The van der Waals surface area contributed by atoms with Gasteiger partial charge in [-0.1, -0.05) is 41.6 Å². The molecule has 0 fully saturated rings. The molecule has 0 saturated carbocycles. The van der Waals surface area contributed by atoms with Crippen LogP contribution in [-0.2, 0) is 0 Å². The van der Waals surface area contributed by atoms with Gasteiger partial charge in [-0.15, -0.1) is 0 Å². The molecule has 22 heavy (non-hydrogen) atoms. The Balaban J connectivity index is 1.66. The zero-order valence-electron chi connectivity index (χ0n) is 11.4. The van der Waals surface area contributed by atoms with Crippen molar-refractivity contribution >= 4 is 17.5 Å². The molecule has 6 heteroatoms. The van der Waals surface area contributed by atoms with E-state index in [1.54, 1.807) is 12.1 Å². The maximum atomic E-state index is 13.0. The van der Waals surface area contributed by atoms with Crippen LogP contribution in [0.4, 0.5) is 20.7 Å². The molecule has 0 unspecified atom stereocenters. The van der Waals surface area contributed by atoms with Crippen molar-refractivity contribution in [3.05, 3.63) is 66.5 Å². The summed E-state index contributed by atoms with van der Waals surface area (Å²) in [6, 6.07) is 16.1. The summed E-state index contributed by atoms with van der Waals surface area (Å²) in [6.45, 7) is 0. The van der Waals surface area contributed by atoms with Crippen LogP contribution in [0.3, 0.4) is 0 Å². The third-order valence-corrected chi connectivity index (χ3v) is 2.89. The van der Waals surface area contributed by atoms with E-state index >= 15 is 0 Å². The minimum absolute atomic E-state index is 0.271. The van der Waals surface area contributed by atoms with Gasteiger partial charge >= 0.3 is 6.03 Å². The van der Waals surface area contributed by atoms with Gasteiger partial charge in [-0.25, -0.2) is 9.18 Å². The van der Waals surface area contributed by atoms with E-state index in [1.807, 2.05) is 30.3 Å².